The molecule has 2 aromatic heterocycles. The fraction of sp³-hybridized carbons (Fsp3) is 0.400. The van der Waals surface area contributed by atoms with E-state index >= 15 is 0 Å². The summed E-state index contributed by atoms with van der Waals surface area (Å²) in [7, 11) is 0. The molecule has 2 aliphatic heterocycles. The van der Waals surface area contributed by atoms with E-state index in [0.717, 1.165) is 56.1 Å². The van der Waals surface area contributed by atoms with Crippen molar-refractivity contribution in [3.05, 3.63) is 65.7 Å². The van der Waals surface area contributed by atoms with Crippen LogP contribution < -0.4 is 15.0 Å². The predicted octanol–water partition coefficient (Wildman–Crippen LogP) is 4.32. The number of hydrogen-bond acceptors (Lipinski definition) is 6. The first kappa shape index (κ1) is 21.7. The third-order valence-corrected chi connectivity index (χ3v) is 6.34. The van der Waals surface area contributed by atoms with Crippen LogP contribution in [-0.4, -0.2) is 41.2 Å². The minimum Gasteiger partial charge on any atom is -0.487 e. The van der Waals surface area contributed by atoms with Crippen LogP contribution in [0.2, 0.25) is 0 Å². The van der Waals surface area contributed by atoms with Crippen LogP contribution in [0.5, 0.6) is 5.75 Å². The number of aromatic nitrogens is 3. The van der Waals surface area contributed by atoms with Crippen molar-refractivity contribution < 1.29 is 13.5 Å². The highest BCUT2D eigenvalue weighted by atomic mass is 19.1. The molecule has 172 valence electrons. The summed E-state index contributed by atoms with van der Waals surface area (Å²) in [6.45, 7) is 4.86. The van der Waals surface area contributed by atoms with E-state index in [-0.39, 0.29) is 18.3 Å². The van der Waals surface area contributed by atoms with Gasteiger partial charge in [-0.2, -0.15) is 0 Å². The molecule has 0 aliphatic carbocycles. The molecule has 2 fully saturated rings. The van der Waals surface area contributed by atoms with E-state index in [4.69, 9.17) is 4.74 Å². The average Bonchev–Trinajstić information content (AvgIpc) is 3.70. The normalized spacial score (nSPS) is 18.4. The number of piperidine rings is 1. The topological polar surface area (TPSA) is 73.1 Å². The van der Waals surface area contributed by atoms with Crippen molar-refractivity contribution >= 4 is 5.95 Å². The smallest absolute Gasteiger partial charge is 0.225 e. The van der Waals surface area contributed by atoms with E-state index in [1.165, 1.54) is 12.1 Å². The van der Waals surface area contributed by atoms with Gasteiger partial charge in [-0.3, -0.25) is 4.98 Å². The van der Waals surface area contributed by atoms with Crippen molar-refractivity contribution in [1.29, 1.82) is 0 Å². The molecule has 4 heterocycles. The van der Waals surface area contributed by atoms with Crippen LogP contribution in [0.1, 0.15) is 37.1 Å². The summed E-state index contributed by atoms with van der Waals surface area (Å²) >= 11 is 0. The lowest BCUT2D eigenvalue weighted by atomic mass is 9.98. The molecule has 1 unspecified atom stereocenters. The van der Waals surface area contributed by atoms with Crippen molar-refractivity contribution in [3.63, 3.8) is 0 Å². The maximum Gasteiger partial charge on any atom is 0.225 e. The van der Waals surface area contributed by atoms with Gasteiger partial charge in [-0.15, -0.1) is 0 Å². The number of aryl methyl sites for hydroxylation is 1. The van der Waals surface area contributed by atoms with Crippen molar-refractivity contribution in [2.45, 2.75) is 32.2 Å². The number of pyridine rings is 1. The molecule has 0 saturated carbocycles. The van der Waals surface area contributed by atoms with Crippen molar-refractivity contribution in [2.24, 2.45) is 5.92 Å². The number of nitrogens with one attached hydrogen (secondary N) is 1. The van der Waals surface area contributed by atoms with E-state index in [1.54, 1.807) is 6.20 Å². The number of nitrogens with zero attached hydrogens (tertiary/aromatic N) is 4. The highest BCUT2D eigenvalue weighted by molar-refractivity contribution is 5.64. The highest BCUT2D eigenvalue weighted by Gasteiger charge is 2.24. The summed E-state index contributed by atoms with van der Waals surface area (Å²) in [5, 5.41) is 3.18. The molecule has 6 nitrogen and oxygen atoms in total. The monoisotopic (exact) mass is 451 g/mol. The van der Waals surface area contributed by atoms with Crippen LogP contribution in [0, 0.1) is 17.6 Å². The Hall–Kier alpha value is -3.13. The van der Waals surface area contributed by atoms with Gasteiger partial charge in [0.05, 0.1) is 18.3 Å². The summed E-state index contributed by atoms with van der Waals surface area (Å²) < 4.78 is 35.0. The van der Waals surface area contributed by atoms with Gasteiger partial charge in [0.25, 0.3) is 0 Å². The Morgan fingerprint density at radius 1 is 1.00 bits per heavy atom. The lowest BCUT2D eigenvalue weighted by Crippen LogP contribution is -2.36. The largest absolute Gasteiger partial charge is 0.487 e. The third kappa shape index (κ3) is 4.95. The molecule has 33 heavy (non-hydrogen) atoms. The van der Waals surface area contributed by atoms with Crippen molar-refractivity contribution in [1.82, 2.24) is 20.3 Å². The first-order valence-corrected chi connectivity index (χ1v) is 11.5. The molecule has 2 aliphatic rings. The third-order valence-electron chi connectivity index (χ3n) is 6.34. The second kappa shape index (κ2) is 9.39. The van der Waals surface area contributed by atoms with Gasteiger partial charge in [-0.05, 0) is 54.5 Å². The SMILES string of the molecule is CCc1cnc(N2CCC(COc3c(F)cc(-c4ccc(C5CN5)nc4)cc3F)CC2)nc1. The minimum atomic E-state index is -0.695. The summed E-state index contributed by atoms with van der Waals surface area (Å²) in [6.07, 6.45) is 8.00. The molecule has 3 aromatic rings. The Morgan fingerprint density at radius 3 is 2.27 bits per heavy atom. The van der Waals surface area contributed by atoms with Gasteiger partial charge in [-0.1, -0.05) is 13.0 Å². The fourth-order valence-electron chi connectivity index (χ4n) is 4.11. The van der Waals surface area contributed by atoms with E-state index < -0.39 is 11.6 Å². The number of benzene rings is 1. The molecule has 8 heteroatoms. The number of ether oxygens (including phenoxy) is 1. The molecule has 1 atom stereocenters. The molecular formula is C25H27F2N5O. The Bertz CT molecular complexity index is 1070. The fourth-order valence-corrected chi connectivity index (χ4v) is 4.11. The van der Waals surface area contributed by atoms with E-state index in [2.05, 4.69) is 32.1 Å². The molecule has 1 aromatic carbocycles. The molecular weight excluding hydrogens is 424 g/mol. The van der Waals surface area contributed by atoms with E-state index in [0.29, 0.717) is 17.2 Å². The lowest BCUT2D eigenvalue weighted by Gasteiger charge is -2.31. The van der Waals surface area contributed by atoms with Gasteiger partial charge in [0.15, 0.2) is 17.4 Å². The Morgan fingerprint density at radius 2 is 1.70 bits per heavy atom. The summed E-state index contributed by atoms with van der Waals surface area (Å²) in [4.78, 5) is 15.4. The standard InChI is InChI=1S/C25H27F2N5O/c1-2-16-11-30-25(31-12-16)32-7-5-17(6-8-32)15-33-24-20(26)9-19(10-21(24)27)18-3-4-22(28-13-18)23-14-29-23/h3-4,9-13,17,23,29H,2,5-8,14-15H2,1H3. The van der Waals surface area contributed by atoms with E-state index in [9.17, 15) is 8.78 Å². The minimum absolute atomic E-state index is 0.224. The molecule has 0 radical (unpaired) electrons. The predicted molar refractivity (Wildman–Crippen MR) is 122 cm³/mol. The van der Waals surface area contributed by atoms with E-state index in [1.807, 2.05) is 24.5 Å². The number of hydrogen-bond donors (Lipinski definition) is 1. The summed E-state index contributed by atoms with van der Waals surface area (Å²) in [5.74, 6) is -0.747. The van der Waals surface area contributed by atoms with Gasteiger partial charge in [0.2, 0.25) is 5.95 Å². The van der Waals surface area contributed by atoms with Gasteiger partial charge in [0, 0.05) is 43.8 Å². The highest BCUT2D eigenvalue weighted by Crippen LogP contribution is 2.31. The van der Waals surface area contributed by atoms with Crippen LogP contribution in [0.4, 0.5) is 14.7 Å². The maximum atomic E-state index is 14.7. The molecule has 1 N–H and O–H groups in total. The molecule has 5 rings (SSSR count). The van der Waals surface area contributed by atoms with Crippen LogP contribution in [0.25, 0.3) is 11.1 Å². The van der Waals surface area contributed by atoms with Crippen molar-refractivity contribution in [2.75, 3.05) is 31.1 Å². The second-order valence-corrected chi connectivity index (χ2v) is 8.69. The molecule has 0 bridgehead atoms. The van der Waals surface area contributed by atoms with Crippen LogP contribution in [0.15, 0.2) is 42.9 Å². The maximum absolute atomic E-state index is 14.7. The molecule has 0 amide bonds. The number of rotatable bonds is 7. The molecule has 0 spiro atoms. The van der Waals surface area contributed by atoms with Crippen molar-refractivity contribution in [3.8, 4) is 16.9 Å². The number of anilines is 1. The zero-order chi connectivity index (χ0) is 22.8. The Labute approximate surface area is 192 Å². The van der Waals surface area contributed by atoms with Gasteiger partial charge < -0.3 is 15.0 Å². The summed E-state index contributed by atoms with van der Waals surface area (Å²) in [5.41, 5.74) is 3.17. The zero-order valence-electron chi connectivity index (χ0n) is 18.6. The Kier molecular flexibility index (Phi) is 6.17. The van der Waals surface area contributed by atoms with Gasteiger partial charge in [0.1, 0.15) is 0 Å². The second-order valence-electron chi connectivity index (χ2n) is 8.69. The zero-order valence-corrected chi connectivity index (χ0v) is 18.6. The number of halogens is 2. The molecule has 2 saturated heterocycles. The Balaban J connectivity index is 1.17. The first-order valence-electron chi connectivity index (χ1n) is 11.5. The van der Waals surface area contributed by atoms with Crippen LogP contribution in [0.3, 0.4) is 0 Å². The lowest BCUT2D eigenvalue weighted by molar-refractivity contribution is 0.207. The first-order chi connectivity index (χ1) is 16.1. The van der Waals surface area contributed by atoms with Gasteiger partial charge >= 0.3 is 0 Å². The summed E-state index contributed by atoms with van der Waals surface area (Å²) in [6, 6.07) is 6.64. The quantitative estimate of drug-likeness (QED) is 0.540. The van der Waals surface area contributed by atoms with Gasteiger partial charge in [-0.25, -0.2) is 18.7 Å². The van der Waals surface area contributed by atoms with Crippen LogP contribution in [-0.2, 0) is 6.42 Å². The van der Waals surface area contributed by atoms with Crippen LogP contribution >= 0.6 is 0 Å². The average molecular weight is 452 g/mol.